The summed E-state index contributed by atoms with van der Waals surface area (Å²) in [6.45, 7) is 2.00. The highest BCUT2D eigenvalue weighted by molar-refractivity contribution is 9.10. The molecule has 0 aliphatic carbocycles. The van der Waals surface area contributed by atoms with E-state index < -0.39 is 0 Å². The number of hydrogen-bond donors (Lipinski definition) is 2. The number of rotatable bonds is 3. The lowest BCUT2D eigenvalue weighted by Gasteiger charge is -2.12. The number of aromatic nitrogens is 2. The molecule has 0 aliphatic heterocycles. The number of benzene rings is 1. The Morgan fingerprint density at radius 3 is 2.83 bits per heavy atom. The number of nitrogens with one attached hydrogen (secondary N) is 1. The first-order valence-corrected chi connectivity index (χ1v) is 6.60. The molecule has 0 unspecified atom stereocenters. The topological polar surface area (TPSA) is 63.8 Å². The van der Waals surface area contributed by atoms with Crippen LogP contribution in [0.1, 0.15) is 12.5 Å². The lowest BCUT2D eigenvalue weighted by atomic mass is 10.2. The van der Waals surface area contributed by atoms with Crippen molar-refractivity contribution in [1.82, 2.24) is 9.97 Å². The van der Waals surface area contributed by atoms with Gasteiger partial charge in [-0.2, -0.15) is 0 Å². The molecule has 94 valence electrons. The third-order valence-corrected chi connectivity index (χ3v) is 3.32. The van der Waals surface area contributed by atoms with Gasteiger partial charge in [0.05, 0.1) is 10.7 Å². The largest absolute Gasteiger partial charge is 0.383 e. The zero-order chi connectivity index (χ0) is 13.1. The summed E-state index contributed by atoms with van der Waals surface area (Å²) in [6.07, 6.45) is 2.19. The third-order valence-electron chi connectivity index (χ3n) is 2.52. The van der Waals surface area contributed by atoms with Gasteiger partial charge >= 0.3 is 0 Å². The van der Waals surface area contributed by atoms with Gasteiger partial charge in [-0.05, 0) is 24.6 Å². The van der Waals surface area contributed by atoms with Crippen LogP contribution < -0.4 is 11.1 Å². The van der Waals surface area contributed by atoms with Crippen LogP contribution in [0.2, 0.25) is 5.02 Å². The molecular formula is C12H12BrClN4. The SMILES string of the molecule is CCc1c(N)ncnc1Nc1ccc(Br)cc1Cl. The number of anilines is 3. The minimum atomic E-state index is 0.489. The van der Waals surface area contributed by atoms with Crippen molar-refractivity contribution in [2.24, 2.45) is 0 Å². The Hall–Kier alpha value is -1.33. The molecule has 3 N–H and O–H groups in total. The van der Waals surface area contributed by atoms with Crippen LogP contribution in [0.25, 0.3) is 0 Å². The molecule has 0 atom stereocenters. The van der Waals surface area contributed by atoms with E-state index in [0.29, 0.717) is 16.7 Å². The molecular weight excluding hydrogens is 316 g/mol. The average Bonchev–Trinajstić information content (AvgIpc) is 2.33. The molecule has 2 rings (SSSR count). The summed E-state index contributed by atoms with van der Waals surface area (Å²) in [5.41, 5.74) is 7.49. The smallest absolute Gasteiger partial charge is 0.139 e. The van der Waals surface area contributed by atoms with Crippen molar-refractivity contribution in [3.63, 3.8) is 0 Å². The Labute approximate surface area is 119 Å². The Balaban J connectivity index is 2.37. The monoisotopic (exact) mass is 326 g/mol. The summed E-state index contributed by atoms with van der Waals surface area (Å²) in [6, 6.07) is 5.61. The fourth-order valence-electron chi connectivity index (χ4n) is 1.60. The number of nitrogens with zero attached hydrogens (tertiary/aromatic N) is 2. The van der Waals surface area contributed by atoms with Crippen LogP contribution >= 0.6 is 27.5 Å². The van der Waals surface area contributed by atoms with Crippen molar-refractivity contribution in [2.75, 3.05) is 11.1 Å². The van der Waals surface area contributed by atoms with Crippen LogP contribution in [0.5, 0.6) is 0 Å². The highest BCUT2D eigenvalue weighted by Crippen LogP contribution is 2.29. The summed E-state index contributed by atoms with van der Waals surface area (Å²) in [5, 5.41) is 3.79. The van der Waals surface area contributed by atoms with E-state index in [0.717, 1.165) is 22.1 Å². The minimum Gasteiger partial charge on any atom is -0.383 e. The van der Waals surface area contributed by atoms with Crippen LogP contribution in [0.3, 0.4) is 0 Å². The molecule has 4 nitrogen and oxygen atoms in total. The molecule has 6 heteroatoms. The van der Waals surface area contributed by atoms with E-state index in [1.807, 2.05) is 25.1 Å². The second-order valence-corrected chi connectivity index (χ2v) is 5.01. The van der Waals surface area contributed by atoms with Gasteiger partial charge in [0, 0.05) is 10.0 Å². The minimum absolute atomic E-state index is 0.489. The van der Waals surface area contributed by atoms with Gasteiger partial charge in [-0.3, -0.25) is 0 Å². The highest BCUT2D eigenvalue weighted by atomic mass is 79.9. The van der Waals surface area contributed by atoms with Crippen molar-refractivity contribution < 1.29 is 0 Å². The lowest BCUT2D eigenvalue weighted by Crippen LogP contribution is -2.04. The molecule has 0 spiro atoms. The second-order valence-electron chi connectivity index (χ2n) is 3.69. The molecule has 1 heterocycles. The van der Waals surface area contributed by atoms with E-state index in [2.05, 4.69) is 31.2 Å². The first-order chi connectivity index (χ1) is 8.61. The van der Waals surface area contributed by atoms with E-state index in [-0.39, 0.29) is 0 Å². The van der Waals surface area contributed by atoms with E-state index in [4.69, 9.17) is 17.3 Å². The average molecular weight is 328 g/mol. The van der Waals surface area contributed by atoms with E-state index in [1.165, 1.54) is 6.33 Å². The number of nitrogen functional groups attached to an aromatic ring is 1. The molecule has 2 aromatic rings. The van der Waals surface area contributed by atoms with E-state index >= 15 is 0 Å². The summed E-state index contributed by atoms with van der Waals surface area (Å²) in [4.78, 5) is 8.17. The first kappa shape index (κ1) is 13.1. The maximum Gasteiger partial charge on any atom is 0.139 e. The predicted molar refractivity (Wildman–Crippen MR) is 78.3 cm³/mol. The Kier molecular flexibility index (Phi) is 4.04. The van der Waals surface area contributed by atoms with Gasteiger partial charge in [-0.1, -0.05) is 34.5 Å². The molecule has 0 aliphatic rings. The van der Waals surface area contributed by atoms with Crippen molar-refractivity contribution in [3.05, 3.63) is 39.6 Å². The Bertz CT molecular complexity index is 574. The quantitative estimate of drug-likeness (QED) is 0.900. The summed E-state index contributed by atoms with van der Waals surface area (Å²) in [7, 11) is 0. The molecule has 0 saturated carbocycles. The van der Waals surface area contributed by atoms with Crippen molar-refractivity contribution in [1.29, 1.82) is 0 Å². The Morgan fingerprint density at radius 2 is 2.17 bits per heavy atom. The maximum atomic E-state index is 6.15. The molecule has 0 fully saturated rings. The summed E-state index contributed by atoms with van der Waals surface area (Å²) >= 11 is 9.51. The third kappa shape index (κ3) is 2.73. The molecule has 0 radical (unpaired) electrons. The van der Waals surface area contributed by atoms with Crippen LogP contribution in [0.15, 0.2) is 29.0 Å². The van der Waals surface area contributed by atoms with Gasteiger partial charge in [0.2, 0.25) is 0 Å². The molecule has 1 aromatic heterocycles. The predicted octanol–water partition coefficient (Wildman–Crippen LogP) is 3.78. The van der Waals surface area contributed by atoms with Crippen LogP contribution in [0.4, 0.5) is 17.3 Å². The van der Waals surface area contributed by atoms with Gasteiger partial charge in [0.1, 0.15) is 18.0 Å². The molecule has 0 bridgehead atoms. The standard InChI is InChI=1S/C12H12BrClN4/c1-2-8-11(15)16-6-17-12(8)18-10-4-3-7(13)5-9(10)14/h3-6H,2H2,1H3,(H3,15,16,17,18). The molecule has 0 saturated heterocycles. The van der Waals surface area contributed by atoms with Gasteiger partial charge in [0.15, 0.2) is 0 Å². The first-order valence-electron chi connectivity index (χ1n) is 5.43. The second kappa shape index (κ2) is 5.54. The fourth-order valence-corrected chi connectivity index (χ4v) is 2.32. The molecule has 0 amide bonds. The molecule has 1 aromatic carbocycles. The highest BCUT2D eigenvalue weighted by Gasteiger charge is 2.09. The number of hydrogen-bond acceptors (Lipinski definition) is 4. The van der Waals surface area contributed by atoms with Crippen molar-refractivity contribution in [2.45, 2.75) is 13.3 Å². The zero-order valence-electron chi connectivity index (χ0n) is 9.74. The normalized spacial score (nSPS) is 10.4. The lowest BCUT2D eigenvalue weighted by molar-refractivity contribution is 1.06. The zero-order valence-corrected chi connectivity index (χ0v) is 12.1. The van der Waals surface area contributed by atoms with Crippen molar-refractivity contribution in [3.8, 4) is 0 Å². The van der Waals surface area contributed by atoms with Gasteiger partial charge in [0.25, 0.3) is 0 Å². The maximum absolute atomic E-state index is 6.15. The van der Waals surface area contributed by atoms with Gasteiger partial charge < -0.3 is 11.1 Å². The van der Waals surface area contributed by atoms with Crippen molar-refractivity contribution >= 4 is 44.9 Å². The summed E-state index contributed by atoms with van der Waals surface area (Å²) < 4.78 is 0.927. The van der Waals surface area contributed by atoms with Crippen LogP contribution in [-0.4, -0.2) is 9.97 Å². The summed E-state index contributed by atoms with van der Waals surface area (Å²) in [5.74, 6) is 1.18. The van der Waals surface area contributed by atoms with Crippen LogP contribution in [0, 0.1) is 0 Å². The van der Waals surface area contributed by atoms with E-state index in [1.54, 1.807) is 0 Å². The number of halogens is 2. The number of nitrogens with two attached hydrogens (primary N) is 1. The van der Waals surface area contributed by atoms with Crippen LogP contribution in [-0.2, 0) is 6.42 Å². The van der Waals surface area contributed by atoms with Gasteiger partial charge in [-0.25, -0.2) is 9.97 Å². The Morgan fingerprint density at radius 1 is 1.39 bits per heavy atom. The van der Waals surface area contributed by atoms with E-state index in [9.17, 15) is 0 Å². The molecule has 18 heavy (non-hydrogen) atoms. The van der Waals surface area contributed by atoms with Gasteiger partial charge in [-0.15, -0.1) is 0 Å². The fraction of sp³-hybridized carbons (Fsp3) is 0.167.